The number of aromatic nitrogens is 2. The van der Waals surface area contributed by atoms with Crippen LogP contribution in [0, 0.1) is 5.92 Å². The van der Waals surface area contributed by atoms with E-state index in [1.165, 1.54) is 11.1 Å². The van der Waals surface area contributed by atoms with Crippen LogP contribution in [-0.2, 0) is 19.9 Å². The van der Waals surface area contributed by atoms with E-state index in [0.717, 1.165) is 42.8 Å². The molecule has 0 aliphatic rings. The van der Waals surface area contributed by atoms with Crippen molar-refractivity contribution in [1.29, 1.82) is 0 Å². The third-order valence-electron chi connectivity index (χ3n) is 4.24. The molecule has 7 heteroatoms. The Balaban J connectivity index is 0.00000338. The van der Waals surface area contributed by atoms with E-state index in [1.54, 1.807) is 0 Å². The molecule has 1 aromatic heterocycles. The van der Waals surface area contributed by atoms with Gasteiger partial charge in [-0.3, -0.25) is 9.67 Å². The summed E-state index contributed by atoms with van der Waals surface area (Å²) in [6.45, 7) is 3.99. The van der Waals surface area contributed by atoms with Gasteiger partial charge in [0.1, 0.15) is 0 Å². The van der Waals surface area contributed by atoms with E-state index in [9.17, 15) is 0 Å². The van der Waals surface area contributed by atoms with Gasteiger partial charge in [-0.25, -0.2) is 0 Å². The van der Waals surface area contributed by atoms with Crippen LogP contribution in [0.4, 0.5) is 0 Å². The van der Waals surface area contributed by atoms with Crippen LogP contribution in [0.5, 0.6) is 0 Å². The van der Waals surface area contributed by atoms with Crippen LogP contribution >= 0.6 is 39.9 Å². The summed E-state index contributed by atoms with van der Waals surface area (Å²) in [6, 6.07) is 8.55. The van der Waals surface area contributed by atoms with Gasteiger partial charge in [0.25, 0.3) is 0 Å². The molecule has 1 aromatic carbocycles. The molecule has 0 radical (unpaired) electrons. The minimum atomic E-state index is 0. The molecular formula is C19H29BrIN5. The van der Waals surface area contributed by atoms with Gasteiger partial charge in [-0.05, 0) is 42.0 Å². The predicted molar refractivity (Wildman–Crippen MR) is 123 cm³/mol. The normalized spacial score (nSPS) is 12.4. The quantitative estimate of drug-likeness (QED) is 0.308. The first-order valence-electron chi connectivity index (χ1n) is 8.77. The van der Waals surface area contributed by atoms with E-state index in [-0.39, 0.29) is 24.0 Å². The highest BCUT2D eigenvalue weighted by molar-refractivity contribution is 14.0. The molecule has 2 aromatic rings. The van der Waals surface area contributed by atoms with Gasteiger partial charge in [0.05, 0.1) is 6.20 Å². The maximum absolute atomic E-state index is 4.32. The van der Waals surface area contributed by atoms with Gasteiger partial charge in [0, 0.05) is 37.9 Å². The number of aliphatic imine (C=N–C) groups is 1. The number of halogens is 2. The van der Waals surface area contributed by atoms with E-state index >= 15 is 0 Å². The van der Waals surface area contributed by atoms with Crippen molar-refractivity contribution in [3.8, 4) is 0 Å². The smallest absolute Gasteiger partial charge is 0.190 e. The molecule has 1 unspecified atom stereocenters. The maximum Gasteiger partial charge on any atom is 0.190 e. The molecular weight excluding hydrogens is 505 g/mol. The van der Waals surface area contributed by atoms with Gasteiger partial charge in [-0.2, -0.15) is 5.10 Å². The zero-order valence-corrected chi connectivity index (χ0v) is 19.6. The third kappa shape index (κ3) is 8.07. The van der Waals surface area contributed by atoms with Gasteiger partial charge < -0.3 is 10.6 Å². The van der Waals surface area contributed by atoms with E-state index in [2.05, 4.69) is 67.8 Å². The monoisotopic (exact) mass is 533 g/mol. The first kappa shape index (κ1) is 23.0. The second kappa shape index (κ2) is 12.3. The lowest BCUT2D eigenvalue weighted by atomic mass is 9.97. The molecule has 1 heterocycles. The highest BCUT2D eigenvalue weighted by atomic mass is 127. The maximum atomic E-state index is 4.32. The minimum Gasteiger partial charge on any atom is -0.356 e. The van der Waals surface area contributed by atoms with Crippen molar-refractivity contribution < 1.29 is 0 Å². The number of guanidine groups is 1. The lowest BCUT2D eigenvalue weighted by Crippen LogP contribution is -2.40. The molecule has 0 amide bonds. The SMILES string of the molecule is CCC(CNC(=NC)NCCc1cnn(C)c1)Cc1cccc(Br)c1.I. The summed E-state index contributed by atoms with van der Waals surface area (Å²) in [7, 11) is 3.75. The summed E-state index contributed by atoms with van der Waals surface area (Å²) in [5.74, 6) is 1.43. The average molecular weight is 534 g/mol. The largest absolute Gasteiger partial charge is 0.356 e. The fourth-order valence-electron chi connectivity index (χ4n) is 2.75. The van der Waals surface area contributed by atoms with E-state index in [4.69, 9.17) is 0 Å². The Bertz CT molecular complexity index is 686. The Kier molecular flexibility index (Phi) is 10.9. The van der Waals surface area contributed by atoms with Gasteiger partial charge in [0.15, 0.2) is 5.96 Å². The highest BCUT2D eigenvalue weighted by Gasteiger charge is 2.09. The lowest BCUT2D eigenvalue weighted by Gasteiger charge is -2.18. The van der Waals surface area contributed by atoms with Crippen LogP contribution in [0.1, 0.15) is 24.5 Å². The van der Waals surface area contributed by atoms with Crippen LogP contribution < -0.4 is 10.6 Å². The summed E-state index contributed by atoms with van der Waals surface area (Å²) >= 11 is 3.55. The number of aryl methyl sites for hydroxylation is 1. The standard InChI is InChI=1S/C19H28BrN5.HI/c1-4-15(10-16-6-5-7-18(20)11-16)12-23-19(21-2)22-9-8-17-13-24-25(3)14-17;/h5-7,11,13-15H,4,8-10,12H2,1-3H3,(H2,21,22,23);1H. The third-order valence-corrected chi connectivity index (χ3v) is 4.73. The topological polar surface area (TPSA) is 54.2 Å². The number of benzene rings is 1. The Labute approximate surface area is 182 Å². The minimum absolute atomic E-state index is 0. The summed E-state index contributed by atoms with van der Waals surface area (Å²) < 4.78 is 2.97. The van der Waals surface area contributed by atoms with Crippen LogP contribution in [0.15, 0.2) is 46.1 Å². The Morgan fingerprint density at radius 2 is 2.12 bits per heavy atom. The lowest BCUT2D eigenvalue weighted by molar-refractivity contribution is 0.493. The molecule has 5 nitrogen and oxygen atoms in total. The summed E-state index contributed by atoms with van der Waals surface area (Å²) in [5.41, 5.74) is 2.59. The molecule has 0 fully saturated rings. The molecule has 0 bridgehead atoms. The fourth-order valence-corrected chi connectivity index (χ4v) is 3.19. The highest BCUT2D eigenvalue weighted by Crippen LogP contribution is 2.16. The van der Waals surface area contributed by atoms with Gasteiger partial charge >= 0.3 is 0 Å². The molecule has 0 saturated heterocycles. The van der Waals surface area contributed by atoms with Crippen molar-refractivity contribution in [3.05, 3.63) is 52.3 Å². The molecule has 0 aliphatic carbocycles. The molecule has 2 N–H and O–H groups in total. The van der Waals surface area contributed by atoms with Crippen molar-refractivity contribution in [2.24, 2.45) is 18.0 Å². The predicted octanol–water partition coefficient (Wildman–Crippen LogP) is 3.78. The second-order valence-corrected chi connectivity index (χ2v) is 7.18. The molecule has 1 atom stereocenters. The fraction of sp³-hybridized carbons (Fsp3) is 0.474. The Hall–Kier alpha value is -1.09. The van der Waals surface area contributed by atoms with E-state index in [1.807, 2.05) is 31.2 Å². The summed E-state index contributed by atoms with van der Waals surface area (Å²) in [6.07, 6.45) is 7.08. The molecule has 26 heavy (non-hydrogen) atoms. The molecule has 2 rings (SSSR count). The molecule has 0 aliphatic heterocycles. The first-order chi connectivity index (χ1) is 12.1. The molecule has 0 spiro atoms. The van der Waals surface area contributed by atoms with Crippen molar-refractivity contribution in [2.45, 2.75) is 26.2 Å². The average Bonchev–Trinajstić information content (AvgIpc) is 3.02. The second-order valence-electron chi connectivity index (χ2n) is 6.26. The zero-order chi connectivity index (χ0) is 18.1. The van der Waals surface area contributed by atoms with Crippen molar-refractivity contribution in [1.82, 2.24) is 20.4 Å². The number of nitrogens with one attached hydrogen (secondary N) is 2. The molecule has 0 saturated carbocycles. The van der Waals surface area contributed by atoms with Crippen molar-refractivity contribution in [2.75, 3.05) is 20.1 Å². The van der Waals surface area contributed by atoms with Gasteiger partial charge in [-0.15, -0.1) is 24.0 Å². The number of hydrogen-bond acceptors (Lipinski definition) is 2. The van der Waals surface area contributed by atoms with Crippen molar-refractivity contribution >= 4 is 45.9 Å². The van der Waals surface area contributed by atoms with Crippen LogP contribution in [0.3, 0.4) is 0 Å². The zero-order valence-electron chi connectivity index (χ0n) is 15.7. The van der Waals surface area contributed by atoms with Gasteiger partial charge in [0.2, 0.25) is 0 Å². The van der Waals surface area contributed by atoms with E-state index < -0.39 is 0 Å². The van der Waals surface area contributed by atoms with Crippen LogP contribution in [0.25, 0.3) is 0 Å². The summed E-state index contributed by atoms with van der Waals surface area (Å²) in [4.78, 5) is 4.32. The van der Waals surface area contributed by atoms with Gasteiger partial charge in [-0.1, -0.05) is 41.4 Å². The number of hydrogen-bond donors (Lipinski definition) is 2. The van der Waals surface area contributed by atoms with E-state index in [0.29, 0.717) is 5.92 Å². The van der Waals surface area contributed by atoms with Crippen molar-refractivity contribution in [3.63, 3.8) is 0 Å². The first-order valence-corrected chi connectivity index (χ1v) is 9.56. The van der Waals surface area contributed by atoms with Crippen LogP contribution in [-0.4, -0.2) is 35.9 Å². The Morgan fingerprint density at radius 1 is 1.31 bits per heavy atom. The summed E-state index contributed by atoms with van der Waals surface area (Å²) in [5, 5.41) is 11.0. The molecule has 144 valence electrons. The Morgan fingerprint density at radius 3 is 2.73 bits per heavy atom. The number of nitrogens with zero attached hydrogens (tertiary/aromatic N) is 3. The number of rotatable bonds is 8. The van der Waals surface area contributed by atoms with Crippen LogP contribution in [0.2, 0.25) is 0 Å².